The summed E-state index contributed by atoms with van der Waals surface area (Å²) in [6, 6.07) is 14.0. The molecule has 2 aromatic carbocycles. The molecular weight excluding hydrogens is 359 g/mol. The third-order valence-corrected chi connectivity index (χ3v) is 3.28. The average Bonchev–Trinajstić information content (AvgIpc) is 2.65. The third-order valence-electron chi connectivity index (χ3n) is 3.28. The number of rotatable bonds is 5. The molecule has 0 saturated carbocycles. The largest absolute Gasteiger partial charge is 0.484 e. The molecule has 0 aliphatic carbocycles. The van der Waals surface area contributed by atoms with Crippen LogP contribution in [-0.4, -0.2) is 12.5 Å². The van der Waals surface area contributed by atoms with E-state index in [1.54, 1.807) is 24.3 Å². The number of nitrogens with one attached hydrogen (secondary N) is 1. The van der Waals surface area contributed by atoms with Gasteiger partial charge in [0.2, 0.25) is 0 Å². The van der Waals surface area contributed by atoms with Crippen molar-refractivity contribution >= 4 is 17.7 Å². The molecule has 2 rings (SSSR count). The lowest BCUT2D eigenvalue weighted by molar-refractivity contribution is -0.137. The SMILES string of the molecule is N#CC(C#N)=Cc1ccc(OCC(=O)Nc2cccc(C(F)(F)F)c2)cc1. The van der Waals surface area contributed by atoms with Crippen molar-refractivity contribution in [3.8, 4) is 17.9 Å². The first-order valence-electron chi connectivity index (χ1n) is 7.53. The highest BCUT2D eigenvalue weighted by atomic mass is 19.4. The topological polar surface area (TPSA) is 85.9 Å². The fourth-order valence-electron chi connectivity index (χ4n) is 2.04. The Bertz CT molecular complexity index is 920. The maximum absolute atomic E-state index is 12.7. The van der Waals surface area contributed by atoms with Crippen LogP contribution in [0.3, 0.4) is 0 Å². The van der Waals surface area contributed by atoms with Crippen LogP contribution in [0.1, 0.15) is 11.1 Å². The molecule has 1 amide bonds. The van der Waals surface area contributed by atoms with Gasteiger partial charge in [0.15, 0.2) is 6.61 Å². The summed E-state index contributed by atoms with van der Waals surface area (Å²) in [5, 5.41) is 19.7. The lowest BCUT2D eigenvalue weighted by atomic mass is 10.1. The molecule has 0 aliphatic rings. The first kappa shape index (κ1) is 19.5. The molecule has 0 spiro atoms. The molecule has 0 fully saturated rings. The molecule has 27 heavy (non-hydrogen) atoms. The van der Waals surface area contributed by atoms with Crippen molar-refractivity contribution in [2.24, 2.45) is 0 Å². The molecule has 0 radical (unpaired) electrons. The summed E-state index contributed by atoms with van der Waals surface area (Å²) in [6.45, 7) is -0.396. The number of alkyl halides is 3. The van der Waals surface area contributed by atoms with Crippen LogP contribution in [0, 0.1) is 22.7 Å². The fourth-order valence-corrected chi connectivity index (χ4v) is 2.04. The Morgan fingerprint density at radius 3 is 2.37 bits per heavy atom. The van der Waals surface area contributed by atoms with Gasteiger partial charge in [-0.3, -0.25) is 4.79 Å². The number of benzene rings is 2. The first-order chi connectivity index (χ1) is 12.8. The van der Waals surface area contributed by atoms with Crippen LogP contribution in [0.2, 0.25) is 0 Å². The predicted molar refractivity (Wildman–Crippen MR) is 91.2 cm³/mol. The van der Waals surface area contributed by atoms with Gasteiger partial charge >= 0.3 is 6.18 Å². The van der Waals surface area contributed by atoms with E-state index in [-0.39, 0.29) is 11.3 Å². The Labute approximate surface area is 152 Å². The van der Waals surface area contributed by atoms with Crippen molar-refractivity contribution < 1.29 is 22.7 Å². The van der Waals surface area contributed by atoms with E-state index >= 15 is 0 Å². The average molecular weight is 371 g/mol. The van der Waals surface area contributed by atoms with E-state index in [0.29, 0.717) is 11.3 Å². The van der Waals surface area contributed by atoms with E-state index < -0.39 is 24.3 Å². The molecule has 0 bridgehead atoms. The second-order valence-electron chi connectivity index (χ2n) is 5.27. The molecule has 0 aromatic heterocycles. The van der Waals surface area contributed by atoms with Gasteiger partial charge in [-0.25, -0.2) is 0 Å². The molecule has 0 unspecified atom stereocenters. The minimum absolute atomic E-state index is 0.0134. The van der Waals surface area contributed by atoms with E-state index in [1.807, 2.05) is 0 Å². The Morgan fingerprint density at radius 2 is 1.78 bits per heavy atom. The first-order valence-corrected chi connectivity index (χ1v) is 7.53. The Balaban J connectivity index is 1.94. The van der Waals surface area contributed by atoms with Crippen molar-refractivity contribution in [1.29, 1.82) is 10.5 Å². The van der Waals surface area contributed by atoms with Gasteiger partial charge in [-0.1, -0.05) is 18.2 Å². The summed E-state index contributed by atoms with van der Waals surface area (Å²) >= 11 is 0. The quantitative estimate of drug-likeness (QED) is 0.800. The van der Waals surface area contributed by atoms with Gasteiger partial charge in [-0.15, -0.1) is 0 Å². The van der Waals surface area contributed by atoms with Crippen molar-refractivity contribution in [3.63, 3.8) is 0 Å². The van der Waals surface area contributed by atoms with Crippen LogP contribution >= 0.6 is 0 Å². The summed E-state index contributed by atoms with van der Waals surface area (Å²) in [6.07, 6.45) is -3.10. The molecule has 0 atom stereocenters. The van der Waals surface area contributed by atoms with Crippen LogP contribution in [0.15, 0.2) is 54.1 Å². The summed E-state index contributed by atoms with van der Waals surface area (Å²) in [5.41, 5.74) is -0.295. The van der Waals surface area contributed by atoms with Crippen molar-refractivity contribution in [1.82, 2.24) is 0 Å². The number of nitriles is 2. The molecule has 0 saturated heterocycles. The summed E-state index contributed by atoms with van der Waals surface area (Å²) in [7, 11) is 0. The lowest BCUT2D eigenvalue weighted by Crippen LogP contribution is -2.20. The second-order valence-corrected chi connectivity index (χ2v) is 5.27. The number of hydrogen-bond donors (Lipinski definition) is 1. The normalized spacial score (nSPS) is 10.3. The predicted octanol–water partition coefficient (Wildman–Crippen LogP) is 4.15. The standard InChI is InChI=1S/C19H12F3N3O2/c20-19(21,22)15-2-1-3-16(9-15)25-18(26)12-27-17-6-4-13(5-7-17)8-14(10-23)11-24/h1-9H,12H2,(H,25,26). The number of ether oxygens (including phenoxy) is 1. The van der Waals surface area contributed by atoms with E-state index in [2.05, 4.69) is 5.32 Å². The van der Waals surface area contributed by atoms with Crippen LogP contribution in [-0.2, 0) is 11.0 Å². The number of hydrogen-bond acceptors (Lipinski definition) is 4. The minimum Gasteiger partial charge on any atom is -0.484 e. The Hall–Kier alpha value is -3.78. The fraction of sp³-hybridized carbons (Fsp3) is 0.105. The number of carbonyl (C=O) groups is 1. The molecular formula is C19H12F3N3O2. The Morgan fingerprint density at radius 1 is 1.11 bits per heavy atom. The zero-order valence-electron chi connectivity index (χ0n) is 13.7. The summed E-state index contributed by atoms with van der Waals surface area (Å²) < 4.78 is 43.2. The monoisotopic (exact) mass is 371 g/mol. The maximum Gasteiger partial charge on any atom is 0.416 e. The number of carbonyl (C=O) groups excluding carboxylic acids is 1. The van der Waals surface area contributed by atoms with Gasteiger partial charge in [0.05, 0.1) is 5.56 Å². The number of allylic oxidation sites excluding steroid dienone is 1. The van der Waals surface area contributed by atoms with Crippen LogP contribution < -0.4 is 10.1 Å². The van der Waals surface area contributed by atoms with Gasteiger partial charge < -0.3 is 10.1 Å². The number of nitrogens with zero attached hydrogens (tertiary/aromatic N) is 2. The number of halogens is 3. The maximum atomic E-state index is 12.7. The highest BCUT2D eigenvalue weighted by Gasteiger charge is 2.30. The van der Waals surface area contributed by atoms with Gasteiger partial charge in [-0.05, 0) is 42.0 Å². The molecule has 8 heteroatoms. The molecule has 0 aliphatic heterocycles. The molecule has 5 nitrogen and oxygen atoms in total. The van der Waals surface area contributed by atoms with E-state index in [1.165, 1.54) is 30.3 Å². The Kier molecular flexibility index (Phi) is 6.18. The molecule has 136 valence electrons. The summed E-state index contributed by atoms with van der Waals surface area (Å²) in [4.78, 5) is 11.8. The van der Waals surface area contributed by atoms with Crippen LogP contribution in [0.25, 0.3) is 6.08 Å². The smallest absolute Gasteiger partial charge is 0.416 e. The van der Waals surface area contributed by atoms with Crippen LogP contribution in [0.4, 0.5) is 18.9 Å². The lowest BCUT2D eigenvalue weighted by Gasteiger charge is -2.10. The highest BCUT2D eigenvalue weighted by molar-refractivity contribution is 5.91. The molecule has 1 N–H and O–H groups in total. The third kappa shape index (κ3) is 5.91. The zero-order valence-corrected chi connectivity index (χ0v) is 13.7. The van der Waals surface area contributed by atoms with Gasteiger partial charge in [0.25, 0.3) is 5.91 Å². The van der Waals surface area contributed by atoms with Gasteiger partial charge in [0.1, 0.15) is 23.5 Å². The minimum atomic E-state index is -4.50. The highest BCUT2D eigenvalue weighted by Crippen LogP contribution is 2.30. The number of anilines is 1. The second kappa shape index (κ2) is 8.54. The van der Waals surface area contributed by atoms with Crippen molar-refractivity contribution in [2.75, 3.05) is 11.9 Å². The zero-order chi connectivity index (χ0) is 19.9. The van der Waals surface area contributed by atoms with Crippen molar-refractivity contribution in [2.45, 2.75) is 6.18 Å². The molecule has 2 aromatic rings. The van der Waals surface area contributed by atoms with Gasteiger partial charge in [0, 0.05) is 5.69 Å². The van der Waals surface area contributed by atoms with E-state index in [9.17, 15) is 18.0 Å². The molecule has 0 heterocycles. The van der Waals surface area contributed by atoms with Crippen molar-refractivity contribution in [3.05, 3.63) is 65.2 Å². The van der Waals surface area contributed by atoms with Crippen LogP contribution in [0.5, 0.6) is 5.75 Å². The summed E-state index contributed by atoms with van der Waals surface area (Å²) in [5.74, 6) is -0.267. The van der Waals surface area contributed by atoms with E-state index in [0.717, 1.165) is 12.1 Å². The number of amides is 1. The van der Waals surface area contributed by atoms with E-state index in [4.69, 9.17) is 15.3 Å². The van der Waals surface area contributed by atoms with Gasteiger partial charge in [-0.2, -0.15) is 23.7 Å².